The van der Waals surface area contributed by atoms with E-state index in [0.717, 1.165) is 24.3 Å². The monoisotopic (exact) mass is 626 g/mol. The van der Waals surface area contributed by atoms with Crippen LogP contribution in [-0.4, -0.2) is 131 Å². The summed E-state index contributed by atoms with van der Waals surface area (Å²) < 4.78 is 27.6. The number of fused-ring (bicyclic) bond motifs is 1. The zero-order valence-corrected chi connectivity index (χ0v) is 22.4. The summed E-state index contributed by atoms with van der Waals surface area (Å²) in [5, 5.41) is 110. The Hall–Kier alpha value is -3.75. The van der Waals surface area contributed by atoms with Gasteiger partial charge in [0.2, 0.25) is 23.8 Å². The molecule has 0 unspecified atom stereocenters. The number of aromatic hydroxyl groups is 3. The minimum Gasteiger partial charge on any atom is -0.507 e. The fraction of sp³-hybridized carbons (Fsp3) is 0.444. The van der Waals surface area contributed by atoms with Gasteiger partial charge in [0.15, 0.2) is 17.3 Å². The summed E-state index contributed by atoms with van der Waals surface area (Å²) in [5.41, 5.74) is -1.50. The average molecular weight is 627 g/mol. The molecule has 240 valence electrons. The molecule has 2 fully saturated rings. The Kier molecular flexibility index (Phi) is 8.87. The molecule has 44 heavy (non-hydrogen) atoms. The average Bonchev–Trinajstić information content (AvgIpc) is 2.99. The Bertz CT molecular complexity index is 1550. The van der Waals surface area contributed by atoms with Crippen molar-refractivity contribution in [1.29, 1.82) is 0 Å². The predicted octanol–water partition coefficient (Wildman–Crippen LogP) is -3.07. The number of phenols is 3. The second-order valence-corrected chi connectivity index (χ2v) is 10.2. The van der Waals surface area contributed by atoms with Crippen LogP contribution in [0.2, 0.25) is 0 Å². The van der Waals surface area contributed by atoms with Gasteiger partial charge in [-0.3, -0.25) is 4.79 Å². The fourth-order valence-electron chi connectivity index (χ4n) is 4.87. The van der Waals surface area contributed by atoms with Crippen molar-refractivity contribution in [1.82, 2.24) is 0 Å². The largest absolute Gasteiger partial charge is 0.507 e. The van der Waals surface area contributed by atoms with Crippen LogP contribution in [-0.2, 0) is 9.47 Å². The number of phenolic OH excluding ortho intramolecular Hbond substituents is 3. The molecular formula is C27H30O17. The van der Waals surface area contributed by atoms with Crippen LogP contribution >= 0.6 is 0 Å². The lowest BCUT2D eigenvalue weighted by Crippen LogP contribution is -2.60. The van der Waals surface area contributed by atoms with Crippen LogP contribution in [0.4, 0.5) is 0 Å². The van der Waals surface area contributed by atoms with Gasteiger partial charge in [-0.05, 0) is 18.2 Å². The number of benzene rings is 2. The molecule has 11 N–H and O–H groups in total. The van der Waals surface area contributed by atoms with E-state index < -0.39 is 114 Å². The summed E-state index contributed by atoms with van der Waals surface area (Å²) in [4.78, 5) is 13.7. The molecule has 17 nitrogen and oxygen atoms in total. The minimum absolute atomic E-state index is 0.0707. The number of aliphatic hydroxyl groups is 8. The summed E-state index contributed by atoms with van der Waals surface area (Å²) in [6.07, 6.45) is -17.0. The minimum atomic E-state index is -1.94. The lowest BCUT2D eigenvalue weighted by molar-refractivity contribution is -0.277. The van der Waals surface area contributed by atoms with Crippen molar-refractivity contribution in [2.24, 2.45) is 0 Å². The van der Waals surface area contributed by atoms with E-state index in [1.54, 1.807) is 0 Å². The van der Waals surface area contributed by atoms with Crippen LogP contribution in [0.15, 0.2) is 39.5 Å². The van der Waals surface area contributed by atoms with Gasteiger partial charge in [-0.15, -0.1) is 0 Å². The first-order chi connectivity index (χ1) is 20.9. The lowest BCUT2D eigenvalue weighted by atomic mass is 9.99. The van der Waals surface area contributed by atoms with E-state index in [1.807, 2.05) is 0 Å². The zero-order chi connectivity index (χ0) is 32.0. The molecule has 0 radical (unpaired) electrons. The Balaban J connectivity index is 1.60. The third-order valence-corrected chi connectivity index (χ3v) is 7.33. The zero-order valence-electron chi connectivity index (χ0n) is 22.4. The number of rotatable bonds is 7. The first-order valence-corrected chi connectivity index (χ1v) is 13.2. The Morgan fingerprint density at radius 3 is 1.77 bits per heavy atom. The maximum atomic E-state index is 13.7. The van der Waals surface area contributed by atoms with Crippen LogP contribution in [0.3, 0.4) is 0 Å². The van der Waals surface area contributed by atoms with E-state index in [1.165, 1.54) is 6.07 Å². The van der Waals surface area contributed by atoms with Crippen molar-refractivity contribution in [2.45, 2.75) is 61.4 Å². The molecule has 2 saturated heterocycles. The normalized spacial score (nSPS) is 32.5. The molecule has 5 rings (SSSR count). The van der Waals surface area contributed by atoms with E-state index >= 15 is 0 Å². The highest BCUT2D eigenvalue weighted by atomic mass is 16.7. The maximum Gasteiger partial charge on any atom is 0.239 e. The number of hydrogen-bond donors (Lipinski definition) is 11. The van der Waals surface area contributed by atoms with E-state index in [0.29, 0.717) is 0 Å². The van der Waals surface area contributed by atoms with E-state index in [4.69, 9.17) is 23.4 Å². The fourth-order valence-corrected chi connectivity index (χ4v) is 4.87. The summed E-state index contributed by atoms with van der Waals surface area (Å²) in [6.45, 7) is -1.53. The first kappa shape index (κ1) is 31.7. The van der Waals surface area contributed by atoms with Crippen molar-refractivity contribution in [3.8, 4) is 40.1 Å². The predicted molar refractivity (Wildman–Crippen MR) is 142 cm³/mol. The van der Waals surface area contributed by atoms with Gasteiger partial charge in [-0.25, -0.2) is 0 Å². The second-order valence-electron chi connectivity index (χ2n) is 10.2. The molecule has 17 heteroatoms. The summed E-state index contributed by atoms with van der Waals surface area (Å²) in [7, 11) is 0. The van der Waals surface area contributed by atoms with Gasteiger partial charge < -0.3 is 79.5 Å². The third-order valence-electron chi connectivity index (χ3n) is 7.33. The van der Waals surface area contributed by atoms with Crippen LogP contribution < -0.4 is 14.9 Å². The molecular weight excluding hydrogens is 596 g/mol. The van der Waals surface area contributed by atoms with Crippen LogP contribution in [0.5, 0.6) is 28.7 Å². The maximum absolute atomic E-state index is 13.7. The van der Waals surface area contributed by atoms with Crippen LogP contribution in [0, 0.1) is 0 Å². The van der Waals surface area contributed by atoms with E-state index in [-0.39, 0.29) is 16.9 Å². The lowest BCUT2D eigenvalue weighted by Gasteiger charge is -2.39. The van der Waals surface area contributed by atoms with Gasteiger partial charge >= 0.3 is 0 Å². The topological polar surface area (TPSA) is 290 Å². The highest BCUT2D eigenvalue weighted by Crippen LogP contribution is 2.40. The van der Waals surface area contributed by atoms with Crippen molar-refractivity contribution in [2.75, 3.05) is 13.2 Å². The van der Waals surface area contributed by atoms with Crippen molar-refractivity contribution in [3.63, 3.8) is 0 Å². The molecule has 2 aliphatic rings. The molecule has 2 aromatic carbocycles. The van der Waals surface area contributed by atoms with Gasteiger partial charge in [-0.2, -0.15) is 0 Å². The molecule has 0 aliphatic carbocycles. The molecule has 0 spiro atoms. The molecule has 2 aliphatic heterocycles. The van der Waals surface area contributed by atoms with Gasteiger partial charge in [0.05, 0.1) is 13.2 Å². The summed E-state index contributed by atoms with van der Waals surface area (Å²) in [5.74, 6) is -3.35. The van der Waals surface area contributed by atoms with Gasteiger partial charge in [-0.1, -0.05) is 0 Å². The standard InChI is InChI=1S/C27H30O17/c28-6-14-17(33)20(36)22(38)26(42-14)40-9-4-12(32)16-13(5-9)41-24(8-1-2-10(30)11(31)3-8)25(19(16)35)44-27-23(39)21(37)18(34)15(7-29)43-27/h1-5,14-15,17-18,20-23,26-34,36-39H,6-7H2/t14-,15-,17-,18+,20+,21+,22-,23-,26-,27+/m1/s1. The molecule has 3 heterocycles. The smallest absolute Gasteiger partial charge is 0.239 e. The molecule has 3 aromatic rings. The highest BCUT2D eigenvalue weighted by molar-refractivity contribution is 5.88. The first-order valence-electron chi connectivity index (χ1n) is 13.2. The Morgan fingerprint density at radius 1 is 0.659 bits per heavy atom. The molecule has 0 saturated carbocycles. The summed E-state index contributed by atoms with van der Waals surface area (Å²) in [6, 6.07) is 5.27. The van der Waals surface area contributed by atoms with Crippen molar-refractivity contribution >= 4 is 11.0 Å². The quantitative estimate of drug-likeness (QED) is 0.116. The number of hydrogen-bond acceptors (Lipinski definition) is 17. The number of aliphatic hydroxyl groups excluding tert-OH is 8. The van der Waals surface area contributed by atoms with Crippen LogP contribution in [0.1, 0.15) is 0 Å². The van der Waals surface area contributed by atoms with Gasteiger partial charge in [0.25, 0.3) is 0 Å². The van der Waals surface area contributed by atoms with Gasteiger partial charge in [0, 0.05) is 17.7 Å². The SMILES string of the molecule is O=c1c(O[C@@H]2O[C@H](CO)[C@H](O)[C@H](O)[C@H]2O)c(-c2ccc(O)c(O)c2)oc2cc(O[C@@H]3O[C@H](CO)[C@@H](O)[C@H](O)[C@H]3O)cc(O)c12. The van der Waals surface area contributed by atoms with E-state index in [2.05, 4.69) is 0 Å². The molecule has 1 aromatic heterocycles. The van der Waals surface area contributed by atoms with Gasteiger partial charge in [0.1, 0.15) is 71.3 Å². The van der Waals surface area contributed by atoms with E-state index in [9.17, 15) is 61.0 Å². The number of ether oxygens (including phenoxy) is 4. The van der Waals surface area contributed by atoms with Crippen molar-refractivity contribution < 1.29 is 79.5 Å². The molecule has 0 amide bonds. The summed E-state index contributed by atoms with van der Waals surface area (Å²) >= 11 is 0. The Labute approximate surface area is 246 Å². The van der Waals surface area contributed by atoms with Crippen LogP contribution in [0.25, 0.3) is 22.3 Å². The highest BCUT2D eigenvalue weighted by Gasteiger charge is 2.46. The Morgan fingerprint density at radius 2 is 1.23 bits per heavy atom. The second kappa shape index (κ2) is 12.3. The van der Waals surface area contributed by atoms with Crippen molar-refractivity contribution in [3.05, 3.63) is 40.6 Å². The molecule has 0 bridgehead atoms. The third kappa shape index (κ3) is 5.61. The molecule has 10 atom stereocenters.